The number of allylic oxidation sites excluding steroid dienone is 2. The molecule has 0 radical (unpaired) electrons. The zero-order chi connectivity index (χ0) is 17.1. The fourth-order valence-corrected chi connectivity index (χ4v) is 3.10. The van der Waals surface area contributed by atoms with Crippen molar-refractivity contribution in [2.24, 2.45) is 12.0 Å². The lowest BCUT2D eigenvalue weighted by atomic mass is 10.1. The predicted molar refractivity (Wildman–Crippen MR) is 98.8 cm³/mol. The van der Waals surface area contributed by atoms with Crippen molar-refractivity contribution < 1.29 is 4.74 Å². The molecule has 0 spiro atoms. The van der Waals surface area contributed by atoms with E-state index in [2.05, 4.69) is 35.9 Å². The molecule has 6 nitrogen and oxygen atoms in total. The number of morpholine rings is 1. The summed E-state index contributed by atoms with van der Waals surface area (Å²) >= 11 is 0. The molecular weight excluding hydrogens is 302 g/mol. The summed E-state index contributed by atoms with van der Waals surface area (Å²) in [6, 6.07) is 4.52. The van der Waals surface area contributed by atoms with Gasteiger partial charge in [-0.05, 0) is 37.1 Å². The molecule has 0 amide bonds. The minimum absolute atomic E-state index is 0.331. The number of anilines is 1. The van der Waals surface area contributed by atoms with Gasteiger partial charge < -0.3 is 9.64 Å². The van der Waals surface area contributed by atoms with Gasteiger partial charge in [0.15, 0.2) is 0 Å². The van der Waals surface area contributed by atoms with Crippen LogP contribution in [0.2, 0.25) is 0 Å². The van der Waals surface area contributed by atoms with Crippen molar-refractivity contribution in [3.63, 3.8) is 0 Å². The van der Waals surface area contributed by atoms with Crippen LogP contribution in [0.15, 0.2) is 23.2 Å². The average molecular weight is 327 g/mol. The third kappa shape index (κ3) is 3.06. The van der Waals surface area contributed by atoms with Gasteiger partial charge in [0.05, 0.1) is 24.8 Å². The van der Waals surface area contributed by atoms with Gasteiger partial charge in [-0.2, -0.15) is 5.10 Å². The molecule has 0 unspecified atom stereocenters. The first-order valence-corrected chi connectivity index (χ1v) is 8.45. The molecule has 1 aliphatic rings. The number of aryl methyl sites for hydroxylation is 1. The molecule has 6 heteroatoms. The second-order valence-electron chi connectivity index (χ2n) is 6.08. The number of pyridine rings is 1. The molecule has 0 bridgehead atoms. The third-order valence-corrected chi connectivity index (χ3v) is 4.45. The van der Waals surface area contributed by atoms with Crippen molar-refractivity contribution in [1.82, 2.24) is 14.8 Å². The number of ether oxygens (including phenoxy) is 1. The topological polar surface area (TPSA) is 55.5 Å². The Morgan fingerprint density at radius 1 is 1.46 bits per heavy atom. The molecular formula is C18H25N5O. The van der Waals surface area contributed by atoms with E-state index < -0.39 is 0 Å². The van der Waals surface area contributed by atoms with Gasteiger partial charge in [0.25, 0.3) is 0 Å². The van der Waals surface area contributed by atoms with Gasteiger partial charge in [0, 0.05) is 26.9 Å². The molecule has 0 aliphatic carbocycles. The van der Waals surface area contributed by atoms with Crippen molar-refractivity contribution >= 4 is 28.6 Å². The highest BCUT2D eigenvalue weighted by Crippen LogP contribution is 2.27. The van der Waals surface area contributed by atoms with Crippen molar-refractivity contribution in [3.8, 4) is 0 Å². The Balaban J connectivity index is 2.09. The minimum Gasteiger partial charge on any atom is -0.377 e. The quantitative estimate of drug-likeness (QED) is 0.810. The zero-order valence-corrected chi connectivity index (χ0v) is 14.9. The van der Waals surface area contributed by atoms with E-state index in [1.165, 1.54) is 0 Å². The Morgan fingerprint density at radius 2 is 2.29 bits per heavy atom. The van der Waals surface area contributed by atoms with E-state index in [0.29, 0.717) is 6.04 Å². The van der Waals surface area contributed by atoms with Gasteiger partial charge in [-0.25, -0.2) is 4.98 Å². The van der Waals surface area contributed by atoms with Gasteiger partial charge in [-0.15, -0.1) is 0 Å². The Hall–Kier alpha value is -2.21. The first-order valence-electron chi connectivity index (χ1n) is 8.45. The SMILES string of the molecule is CC/C(=C\C=NC)c1nn(C)c2ccc(N3CCOC[C@H]3C)nc12. The van der Waals surface area contributed by atoms with Gasteiger partial charge >= 0.3 is 0 Å². The van der Waals surface area contributed by atoms with E-state index in [4.69, 9.17) is 14.8 Å². The minimum atomic E-state index is 0.331. The van der Waals surface area contributed by atoms with Gasteiger partial charge in [-0.3, -0.25) is 9.67 Å². The standard InChI is InChI=1S/C18H25N5O/c1-5-14(8-9-19-3)17-18-15(22(4)21-17)6-7-16(20-18)23-10-11-24-12-13(23)2/h6-9,13H,5,10-12H2,1-4H3/b14-8+,19-9?/t13-/m1/s1. The number of nitrogens with zero attached hydrogens (tertiary/aromatic N) is 5. The molecule has 128 valence electrons. The highest BCUT2D eigenvalue weighted by atomic mass is 16.5. The lowest BCUT2D eigenvalue weighted by Gasteiger charge is -2.34. The van der Waals surface area contributed by atoms with Crippen LogP contribution in [0, 0.1) is 0 Å². The van der Waals surface area contributed by atoms with E-state index in [1.54, 1.807) is 7.05 Å². The van der Waals surface area contributed by atoms with Gasteiger partial charge in [-0.1, -0.05) is 6.92 Å². The average Bonchev–Trinajstić information content (AvgIpc) is 2.92. The predicted octanol–water partition coefficient (Wildman–Crippen LogP) is 2.69. The highest BCUT2D eigenvalue weighted by Gasteiger charge is 2.22. The highest BCUT2D eigenvalue weighted by molar-refractivity contribution is 5.93. The van der Waals surface area contributed by atoms with Crippen molar-refractivity contribution in [1.29, 1.82) is 0 Å². The second-order valence-corrected chi connectivity index (χ2v) is 6.08. The summed E-state index contributed by atoms with van der Waals surface area (Å²) in [7, 11) is 3.74. The summed E-state index contributed by atoms with van der Waals surface area (Å²) < 4.78 is 7.44. The molecule has 2 aromatic heterocycles. The van der Waals surface area contributed by atoms with Crippen LogP contribution in [0.5, 0.6) is 0 Å². The van der Waals surface area contributed by atoms with Gasteiger partial charge in [0.1, 0.15) is 17.0 Å². The molecule has 1 aliphatic heterocycles. The summed E-state index contributed by atoms with van der Waals surface area (Å²) in [6.07, 6.45) is 4.72. The van der Waals surface area contributed by atoms with Crippen molar-refractivity contribution in [3.05, 3.63) is 23.9 Å². The molecule has 24 heavy (non-hydrogen) atoms. The fraction of sp³-hybridized carbons (Fsp3) is 0.500. The van der Waals surface area contributed by atoms with Crippen LogP contribution in [-0.4, -0.2) is 53.8 Å². The maximum atomic E-state index is 5.54. The molecule has 0 aromatic carbocycles. The number of hydrogen-bond donors (Lipinski definition) is 0. The molecule has 1 saturated heterocycles. The molecule has 3 heterocycles. The lowest BCUT2D eigenvalue weighted by molar-refractivity contribution is 0.0986. The number of aliphatic imine (C=N–C) groups is 1. The zero-order valence-electron chi connectivity index (χ0n) is 14.9. The number of aromatic nitrogens is 3. The molecule has 1 fully saturated rings. The number of hydrogen-bond acceptors (Lipinski definition) is 5. The number of fused-ring (bicyclic) bond motifs is 1. The lowest BCUT2D eigenvalue weighted by Crippen LogP contribution is -2.44. The van der Waals surface area contributed by atoms with Crippen LogP contribution in [0.1, 0.15) is 26.0 Å². The third-order valence-electron chi connectivity index (χ3n) is 4.45. The van der Waals surface area contributed by atoms with E-state index >= 15 is 0 Å². The van der Waals surface area contributed by atoms with E-state index in [1.807, 2.05) is 24.0 Å². The molecule has 0 N–H and O–H groups in total. The maximum absolute atomic E-state index is 5.54. The Morgan fingerprint density at radius 3 is 3.00 bits per heavy atom. The Labute approximate surface area is 142 Å². The monoisotopic (exact) mass is 327 g/mol. The van der Waals surface area contributed by atoms with Crippen LogP contribution < -0.4 is 4.90 Å². The van der Waals surface area contributed by atoms with Crippen LogP contribution in [0.3, 0.4) is 0 Å². The Kier molecular flexibility index (Phi) is 4.94. The maximum Gasteiger partial charge on any atom is 0.129 e. The van der Waals surface area contributed by atoms with E-state index in [-0.39, 0.29) is 0 Å². The van der Waals surface area contributed by atoms with E-state index in [0.717, 1.165) is 54.3 Å². The summed E-state index contributed by atoms with van der Waals surface area (Å²) in [5.41, 5.74) is 4.08. The van der Waals surface area contributed by atoms with Crippen LogP contribution in [0.25, 0.3) is 16.6 Å². The summed E-state index contributed by atoms with van der Waals surface area (Å²) in [4.78, 5) is 11.3. The van der Waals surface area contributed by atoms with E-state index in [9.17, 15) is 0 Å². The second kappa shape index (κ2) is 7.13. The summed E-state index contributed by atoms with van der Waals surface area (Å²) in [5, 5.41) is 4.70. The molecule has 2 aromatic rings. The van der Waals surface area contributed by atoms with Crippen LogP contribution in [0.4, 0.5) is 5.82 Å². The van der Waals surface area contributed by atoms with Crippen molar-refractivity contribution in [2.75, 3.05) is 31.7 Å². The first-order chi connectivity index (χ1) is 11.7. The molecule has 0 saturated carbocycles. The van der Waals surface area contributed by atoms with Crippen LogP contribution >= 0.6 is 0 Å². The fourth-order valence-electron chi connectivity index (χ4n) is 3.10. The largest absolute Gasteiger partial charge is 0.377 e. The van der Waals surface area contributed by atoms with Gasteiger partial charge in [0.2, 0.25) is 0 Å². The smallest absolute Gasteiger partial charge is 0.129 e. The van der Waals surface area contributed by atoms with Crippen LogP contribution in [-0.2, 0) is 11.8 Å². The summed E-state index contributed by atoms with van der Waals surface area (Å²) in [5.74, 6) is 0.993. The normalized spacial score (nSPS) is 19.6. The Bertz CT molecular complexity index is 777. The molecule has 1 atom stereocenters. The number of rotatable bonds is 4. The first kappa shape index (κ1) is 16.6. The summed E-state index contributed by atoms with van der Waals surface area (Å²) in [6.45, 7) is 6.66. The van der Waals surface area contributed by atoms with Crippen molar-refractivity contribution in [2.45, 2.75) is 26.3 Å². The molecule has 3 rings (SSSR count).